The molecule has 3 heterocycles. The molecular weight excluding hydrogens is 463 g/mol. The Balaban J connectivity index is 1.06. The van der Waals surface area contributed by atoms with Crippen LogP contribution in [0.1, 0.15) is 15.9 Å². The van der Waals surface area contributed by atoms with Gasteiger partial charge < -0.3 is 18.9 Å². The van der Waals surface area contributed by atoms with Crippen molar-refractivity contribution in [3.63, 3.8) is 0 Å². The van der Waals surface area contributed by atoms with Gasteiger partial charge in [0.25, 0.3) is 11.8 Å². The van der Waals surface area contributed by atoms with Gasteiger partial charge in [0, 0.05) is 49.4 Å². The summed E-state index contributed by atoms with van der Waals surface area (Å²) < 4.78 is 29.4. The predicted octanol–water partition coefficient (Wildman–Crippen LogP) is 4.23. The van der Waals surface area contributed by atoms with E-state index in [-0.39, 0.29) is 18.5 Å². The van der Waals surface area contributed by atoms with Crippen molar-refractivity contribution in [1.82, 2.24) is 19.9 Å². The standard InChI is InChI=1S/C27H23FN4O4/c28-22-8-6-19(7-9-22)25-29-26(36-30-25)20-2-4-21(5-3-20)27(33)32-13-11-31(12-14-32)16-18-1-10-23-24(15-18)35-17-34-23/h1-10,15H,11-14,16-17H2. The number of aromatic nitrogens is 2. The highest BCUT2D eigenvalue weighted by Gasteiger charge is 2.23. The normalized spacial score (nSPS) is 15.3. The predicted molar refractivity (Wildman–Crippen MR) is 129 cm³/mol. The first-order chi connectivity index (χ1) is 17.6. The summed E-state index contributed by atoms with van der Waals surface area (Å²) in [5.74, 6) is 1.97. The van der Waals surface area contributed by atoms with E-state index in [1.807, 2.05) is 17.0 Å². The molecule has 8 nitrogen and oxygen atoms in total. The maximum absolute atomic E-state index is 13.2. The minimum atomic E-state index is -0.325. The number of carbonyl (C=O) groups excluding carboxylic acids is 1. The molecule has 0 aliphatic carbocycles. The molecule has 1 amide bonds. The number of benzene rings is 3. The van der Waals surface area contributed by atoms with Crippen molar-refractivity contribution < 1.29 is 23.2 Å². The van der Waals surface area contributed by atoms with Crippen LogP contribution in [0.25, 0.3) is 22.8 Å². The van der Waals surface area contributed by atoms with Gasteiger partial charge in [-0.15, -0.1) is 0 Å². The largest absolute Gasteiger partial charge is 0.454 e. The van der Waals surface area contributed by atoms with Crippen molar-refractivity contribution >= 4 is 5.91 Å². The Labute approximate surface area is 206 Å². The van der Waals surface area contributed by atoms with E-state index in [2.05, 4.69) is 21.1 Å². The summed E-state index contributed by atoms with van der Waals surface area (Å²) in [5.41, 5.74) is 3.15. The van der Waals surface area contributed by atoms with Crippen LogP contribution < -0.4 is 9.47 Å². The Morgan fingerprint density at radius 1 is 0.861 bits per heavy atom. The average Bonchev–Trinajstić information content (AvgIpc) is 3.59. The first-order valence-corrected chi connectivity index (χ1v) is 11.7. The summed E-state index contributed by atoms with van der Waals surface area (Å²) in [5, 5.41) is 3.98. The van der Waals surface area contributed by atoms with Crippen LogP contribution in [-0.4, -0.2) is 58.8 Å². The van der Waals surface area contributed by atoms with Crippen LogP contribution in [-0.2, 0) is 6.54 Å². The van der Waals surface area contributed by atoms with Gasteiger partial charge in [0.2, 0.25) is 12.6 Å². The average molecular weight is 487 g/mol. The molecule has 1 fully saturated rings. The van der Waals surface area contributed by atoms with E-state index in [4.69, 9.17) is 14.0 Å². The number of piperazine rings is 1. The summed E-state index contributed by atoms with van der Waals surface area (Å²) in [6, 6.07) is 19.1. The van der Waals surface area contributed by atoms with E-state index in [9.17, 15) is 9.18 Å². The van der Waals surface area contributed by atoms with E-state index in [0.29, 0.717) is 41.5 Å². The molecule has 0 spiro atoms. The van der Waals surface area contributed by atoms with Crippen molar-refractivity contribution in [2.45, 2.75) is 6.54 Å². The Hall–Kier alpha value is -4.24. The number of hydrogen-bond acceptors (Lipinski definition) is 7. The Kier molecular flexibility index (Phi) is 5.82. The number of ether oxygens (including phenoxy) is 2. The molecule has 1 saturated heterocycles. The number of nitrogens with zero attached hydrogens (tertiary/aromatic N) is 4. The summed E-state index contributed by atoms with van der Waals surface area (Å²) in [4.78, 5) is 21.7. The van der Waals surface area contributed by atoms with Gasteiger partial charge in [-0.1, -0.05) is 11.2 Å². The molecular formula is C27H23FN4O4. The molecule has 2 aliphatic rings. The fourth-order valence-corrected chi connectivity index (χ4v) is 4.40. The third-order valence-corrected chi connectivity index (χ3v) is 6.41. The van der Waals surface area contributed by atoms with Crippen LogP contribution in [0.4, 0.5) is 4.39 Å². The lowest BCUT2D eigenvalue weighted by molar-refractivity contribution is 0.0628. The number of carbonyl (C=O) groups is 1. The van der Waals surface area contributed by atoms with Crippen LogP contribution in [0, 0.1) is 5.82 Å². The molecule has 1 aromatic heterocycles. The molecule has 6 rings (SSSR count). The van der Waals surface area contributed by atoms with Crippen molar-refractivity contribution in [3.05, 3.63) is 83.7 Å². The number of hydrogen-bond donors (Lipinski definition) is 0. The highest BCUT2D eigenvalue weighted by molar-refractivity contribution is 5.94. The molecule has 0 saturated carbocycles. The second-order valence-corrected chi connectivity index (χ2v) is 8.76. The van der Waals surface area contributed by atoms with Gasteiger partial charge in [-0.25, -0.2) is 4.39 Å². The topological polar surface area (TPSA) is 80.9 Å². The van der Waals surface area contributed by atoms with Crippen LogP contribution >= 0.6 is 0 Å². The van der Waals surface area contributed by atoms with Gasteiger partial charge in [-0.2, -0.15) is 4.98 Å². The third-order valence-electron chi connectivity index (χ3n) is 6.41. The fourth-order valence-electron chi connectivity index (χ4n) is 4.40. The lowest BCUT2D eigenvalue weighted by atomic mass is 10.1. The maximum Gasteiger partial charge on any atom is 0.258 e. The van der Waals surface area contributed by atoms with Crippen LogP contribution in [0.3, 0.4) is 0 Å². The molecule has 2 aliphatic heterocycles. The van der Waals surface area contributed by atoms with E-state index in [1.54, 1.807) is 36.4 Å². The fraction of sp³-hybridized carbons (Fsp3) is 0.222. The SMILES string of the molecule is O=C(c1ccc(-c2nc(-c3ccc(F)cc3)no2)cc1)N1CCN(Cc2ccc3c(c2)OCO3)CC1. The highest BCUT2D eigenvalue weighted by Crippen LogP contribution is 2.33. The number of halogens is 1. The molecule has 0 bridgehead atoms. The van der Waals surface area contributed by atoms with Gasteiger partial charge in [0.1, 0.15) is 5.82 Å². The van der Waals surface area contributed by atoms with E-state index >= 15 is 0 Å². The van der Waals surface area contributed by atoms with Gasteiger partial charge in [0.05, 0.1) is 0 Å². The van der Waals surface area contributed by atoms with Crippen molar-refractivity contribution in [1.29, 1.82) is 0 Å². The number of rotatable bonds is 5. The van der Waals surface area contributed by atoms with Gasteiger partial charge in [-0.05, 0) is 66.2 Å². The first-order valence-electron chi connectivity index (χ1n) is 11.7. The Morgan fingerprint density at radius 3 is 2.36 bits per heavy atom. The maximum atomic E-state index is 13.2. The van der Waals surface area contributed by atoms with E-state index in [1.165, 1.54) is 17.7 Å². The minimum Gasteiger partial charge on any atom is -0.454 e. The highest BCUT2D eigenvalue weighted by atomic mass is 19.1. The second kappa shape index (κ2) is 9.43. The van der Waals surface area contributed by atoms with Gasteiger partial charge in [0.15, 0.2) is 11.5 Å². The van der Waals surface area contributed by atoms with E-state index in [0.717, 1.165) is 31.1 Å². The second-order valence-electron chi connectivity index (χ2n) is 8.76. The van der Waals surface area contributed by atoms with E-state index < -0.39 is 0 Å². The number of amides is 1. The van der Waals surface area contributed by atoms with Crippen LogP contribution in [0.2, 0.25) is 0 Å². The van der Waals surface area contributed by atoms with Crippen LogP contribution in [0.15, 0.2) is 71.3 Å². The quantitative estimate of drug-likeness (QED) is 0.418. The lowest BCUT2D eigenvalue weighted by Crippen LogP contribution is -2.48. The molecule has 182 valence electrons. The van der Waals surface area contributed by atoms with Gasteiger partial charge in [-0.3, -0.25) is 9.69 Å². The van der Waals surface area contributed by atoms with Gasteiger partial charge >= 0.3 is 0 Å². The summed E-state index contributed by atoms with van der Waals surface area (Å²) in [7, 11) is 0. The molecule has 3 aromatic carbocycles. The van der Waals surface area contributed by atoms with Crippen molar-refractivity contribution in [2.75, 3.05) is 33.0 Å². The Bertz CT molecular complexity index is 1380. The monoisotopic (exact) mass is 486 g/mol. The molecule has 4 aromatic rings. The van der Waals surface area contributed by atoms with Crippen molar-refractivity contribution in [3.8, 4) is 34.3 Å². The minimum absolute atomic E-state index is 0.00168. The zero-order chi connectivity index (χ0) is 24.5. The first kappa shape index (κ1) is 22.2. The molecule has 0 atom stereocenters. The summed E-state index contributed by atoms with van der Waals surface area (Å²) in [6.45, 7) is 3.99. The zero-order valence-electron chi connectivity index (χ0n) is 19.4. The molecule has 0 N–H and O–H groups in total. The lowest BCUT2D eigenvalue weighted by Gasteiger charge is -2.34. The third kappa shape index (κ3) is 4.52. The molecule has 0 unspecified atom stereocenters. The Morgan fingerprint density at radius 2 is 1.58 bits per heavy atom. The number of fused-ring (bicyclic) bond motifs is 1. The summed E-state index contributed by atoms with van der Waals surface area (Å²) >= 11 is 0. The van der Waals surface area contributed by atoms with Crippen LogP contribution in [0.5, 0.6) is 11.5 Å². The molecule has 36 heavy (non-hydrogen) atoms. The molecule has 0 radical (unpaired) electrons. The molecule has 9 heteroatoms. The zero-order valence-corrected chi connectivity index (χ0v) is 19.4. The smallest absolute Gasteiger partial charge is 0.258 e. The summed E-state index contributed by atoms with van der Waals surface area (Å²) in [6.07, 6.45) is 0. The van der Waals surface area contributed by atoms with Crippen molar-refractivity contribution in [2.24, 2.45) is 0 Å².